The monoisotopic (exact) mass is 902 g/mol. The number of amides is 1. The summed E-state index contributed by atoms with van der Waals surface area (Å²) in [6.07, 6.45) is 82.9. The number of hydrogen-bond acceptors (Lipinski definition) is 3. The molecule has 4 nitrogen and oxygen atoms in total. The maximum absolute atomic E-state index is 12.4. The van der Waals surface area contributed by atoms with Crippen molar-refractivity contribution >= 4 is 5.91 Å². The van der Waals surface area contributed by atoms with E-state index in [1.54, 1.807) is 6.08 Å². The summed E-state index contributed by atoms with van der Waals surface area (Å²) < 4.78 is 0. The van der Waals surface area contributed by atoms with E-state index in [0.29, 0.717) is 6.42 Å². The van der Waals surface area contributed by atoms with Gasteiger partial charge in [0.05, 0.1) is 18.8 Å². The van der Waals surface area contributed by atoms with Crippen LogP contribution in [0, 0.1) is 0 Å². The molecule has 0 saturated carbocycles. The molecule has 65 heavy (non-hydrogen) atoms. The Morgan fingerprint density at radius 3 is 1.08 bits per heavy atom. The van der Waals surface area contributed by atoms with E-state index in [4.69, 9.17) is 0 Å². The Morgan fingerprint density at radius 2 is 0.692 bits per heavy atom. The Hall–Kier alpha value is -2.69. The quantitative estimate of drug-likeness (QED) is 0.0421. The molecule has 0 heterocycles. The highest BCUT2D eigenvalue weighted by molar-refractivity contribution is 5.76. The zero-order chi connectivity index (χ0) is 47.0. The molecule has 0 bridgehead atoms. The molecule has 4 heteroatoms. The molecule has 374 valence electrons. The van der Waals surface area contributed by atoms with E-state index in [0.717, 1.165) is 70.6 Å². The van der Waals surface area contributed by atoms with Gasteiger partial charge in [0, 0.05) is 6.42 Å². The van der Waals surface area contributed by atoms with Gasteiger partial charge in [-0.25, -0.2) is 0 Å². The first-order valence-electron chi connectivity index (χ1n) is 28.0. The van der Waals surface area contributed by atoms with Gasteiger partial charge < -0.3 is 15.5 Å². The summed E-state index contributed by atoms with van der Waals surface area (Å²) in [6, 6.07) is -0.648. The molecule has 0 aliphatic rings. The fourth-order valence-corrected chi connectivity index (χ4v) is 8.06. The number of carbonyl (C=O) groups is 1. The second-order valence-corrected chi connectivity index (χ2v) is 18.6. The van der Waals surface area contributed by atoms with Crippen molar-refractivity contribution in [3.8, 4) is 0 Å². The van der Waals surface area contributed by atoms with E-state index in [2.05, 4.69) is 104 Å². The lowest BCUT2D eigenvalue weighted by Gasteiger charge is -2.19. The molecule has 0 aromatic heterocycles. The van der Waals surface area contributed by atoms with Crippen molar-refractivity contribution in [3.63, 3.8) is 0 Å². The van der Waals surface area contributed by atoms with E-state index in [9.17, 15) is 15.0 Å². The summed E-state index contributed by atoms with van der Waals surface area (Å²) >= 11 is 0. The van der Waals surface area contributed by atoms with Crippen molar-refractivity contribution in [2.75, 3.05) is 6.61 Å². The maximum Gasteiger partial charge on any atom is 0.220 e. The fourth-order valence-electron chi connectivity index (χ4n) is 8.06. The van der Waals surface area contributed by atoms with Crippen LogP contribution in [0.4, 0.5) is 0 Å². The lowest BCUT2D eigenvalue weighted by molar-refractivity contribution is -0.123. The van der Waals surface area contributed by atoms with Crippen LogP contribution in [0.2, 0.25) is 0 Å². The zero-order valence-electron chi connectivity index (χ0n) is 43.0. The molecule has 2 atom stereocenters. The fraction of sp³-hybridized carbons (Fsp3) is 0.721. The van der Waals surface area contributed by atoms with Crippen LogP contribution in [0.15, 0.2) is 97.2 Å². The number of aliphatic hydroxyl groups excluding tert-OH is 2. The van der Waals surface area contributed by atoms with Gasteiger partial charge in [0.15, 0.2) is 0 Å². The van der Waals surface area contributed by atoms with Crippen molar-refractivity contribution < 1.29 is 15.0 Å². The molecule has 0 aliphatic heterocycles. The Balaban J connectivity index is 3.49. The summed E-state index contributed by atoms with van der Waals surface area (Å²) in [7, 11) is 0. The number of nitrogens with one attached hydrogen (secondary N) is 1. The first-order valence-corrected chi connectivity index (χ1v) is 28.0. The largest absolute Gasteiger partial charge is 0.394 e. The van der Waals surface area contributed by atoms with Gasteiger partial charge in [-0.1, -0.05) is 265 Å². The molecule has 0 aliphatic carbocycles. The first kappa shape index (κ1) is 62.3. The van der Waals surface area contributed by atoms with Gasteiger partial charge in [0.1, 0.15) is 0 Å². The summed E-state index contributed by atoms with van der Waals surface area (Å²) in [5, 5.41) is 23.1. The van der Waals surface area contributed by atoms with Crippen molar-refractivity contribution in [1.82, 2.24) is 5.32 Å². The number of aliphatic hydroxyl groups is 2. The van der Waals surface area contributed by atoms with Gasteiger partial charge in [0.25, 0.3) is 0 Å². The molecular formula is C61H107NO3. The van der Waals surface area contributed by atoms with Crippen LogP contribution in [0.3, 0.4) is 0 Å². The Kier molecular flexibility index (Phi) is 53.3. The van der Waals surface area contributed by atoms with Crippen LogP contribution in [0.25, 0.3) is 0 Å². The highest BCUT2D eigenvalue weighted by atomic mass is 16.3. The third-order valence-corrected chi connectivity index (χ3v) is 12.3. The topological polar surface area (TPSA) is 69.6 Å². The standard InChI is InChI=1S/C61H107NO3/c1-3-5-7-9-11-13-15-17-19-21-22-23-24-25-26-27-28-29-30-31-32-33-34-35-36-37-38-39-40-41-43-45-47-49-51-53-55-57-61(65)62-59(58-63)60(64)56-54-52-50-48-46-44-42-20-18-16-14-12-10-8-6-4-2/h5,7,11,13,17-20,22-23,25-26,46,48,54,56,59-60,63-64H,3-4,6,8-10,12,14-16,21,24,27-45,47,49-53,55,57-58H2,1-2H3,(H,62,65)/b7-5-,13-11-,19-17-,20-18+,23-22-,26-25-,48-46+,56-54+. The molecule has 0 fully saturated rings. The highest BCUT2D eigenvalue weighted by Gasteiger charge is 2.17. The summed E-state index contributed by atoms with van der Waals surface area (Å²) in [5.41, 5.74) is 0. The maximum atomic E-state index is 12.4. The van der Waals surface area contributed by atoms with Crippen molar-refractivity contribution in [2.45, 2.75) is 276 Å². The van der Waals surface area contributed by atoms with Crippen molar-refractivity contribution in [1.29, 1.82) is 0 Å². The van der Waals surface area contributed by atoms with E-state index in [1.807, 2.05) is 6.08 Å². The lowest BCUT2D eigenvalue weighted by atomic mass is 10.0. The molecule has 3 N–H and O–H groups in total. The second-order valence-electron chi connectivity index (χ2n) is 18.6. The normalized spacial score (nSPS) is 13.6. The third-order valence-electron chi connectivity index (χ3n) is 12.3. The zero-order valence-corrected chi connectivity index (χ0v) is 43.0. The van der Waals surface area contributed by atoms with E-state index in [-0.39, 0.29) is 12.5 Å². The minimum absolute atomic E-state index is 0.0778. The average Bonchev–Trinajstić information content (AvgIpc) is 3.31. The van der Waals surface area contributed by atoms with Crippen LogP contribution in [-0.4, -0.2) is 34.9 Å². The van der Waals surface area contributed by atoms with Gasteiger partial charge >= 0.3 is 0 Å². The number of allylic oxidation sites excluding steroid dienone is 15. The van der Waals surface area contributed by atoms with Gasteiger partial charge in [-0.3, -0.25) is 4.79 Å². The van der Waals surface area contributed by atoms with Gasteiger partial charge in [0.2, 0.25) is 5.91 Å². The Morgan fingerprint density at radius 1 is 0.385 bits per heavy atom. The predicted octanol–water partition coefficient (Wildman–Crippen LogP) is 18.5. The highest BCUT2D eigenvalue weighted by Crippen LogP contribution is 2.16. The second kappa shape index (κ2) is 55.6. The molecule has 0 saturated heterocycles. The molecule has 0 rings (SSSR count). The number of rotatable bonds is 50. The minimum Gasteiger partial charge on any atom is -0.394 e. The molecule has 2 unspecified atom stereocenters. The van der Waals surface area contributed by atoms with Crippen LogP contribution in [-0.2, 0) is 4.79 Å². The van der Waals surface area contributed by atoms with Crippen molar-refractivity contribution in [3.05, 3.63) is 97.2 Å². The smallest absolute Gasteiger partial charge is 0.220 e. The predicted molar refractivity (Wildman–Crippen MR) is 290 cm³/mol. The SMILES string of the molecule is CC/C=C\C/C=C\C/C=C\C/C=C\C/C=C\CCCCCCCCCCCCCCCCCCCCCCCC(=O)NC(CO)C(O)/C=C/CC/C=C/CC/C=C/CCCCCCCC. The number of unbranched alkanes of at least 4 members (excludes halogenated alkanes) is 29. The molecule has 0 aromatic rings. The summed E-state index contributed by atoms with van der Waals surface area (Å²) in [4.78, 5) is 12.4. The van der Waals surface area contributed by atoms with E-state index < -0.39 is 12.1 Å². The Bertz CT molecular complexity index is 1210. The average molecular weight is 903 g/mol. The first-order chi connectivity index (χ1) is 32.2. The summed E-state index contributed by atoms with van der Waals surface area (Å²) in [6.45, 7) is 4.17. The van der Waals surface area contributed by atoms with Gasteiger partial charge in [-0.15, -0.1) is 0 Å². The number of hydrogen-bond donors (Lipinski definition) is 3. The molecule has 1 amide bonds. The third kappa shape index (κ3) is 52.1. The van der Waals surface area contributed by atoms with E-state index >= 15 is 0 Å². The van der Waals surface area contributed by atoms with Gasteiger partial charge in [-0.05, 0) is 89.9 Å². The van der Waals surface area contributed by atoms with Crippen LogP contribution in [0.5, 0.6) is 0 Å². The summed E-state index contributed by atoms with van der Waals surface area (Å²) in [5.74, 6) is -0.0778. The molecule has 0 aromatic carbocycles. The van der Waals surface area contributed by atoms with Crippen LogP contribution < -0.4 is 5.32 Å². The Labute approximate surface area is 404 Å². The van der Waals surface area contributed by atoms with Crippen molar-refractivity contribution in [2.24, 2.45) is 0 Å². The lowest BCUT2D eigenvalue weighted by Crippen LogP contribution is -2.45. The van der Waals surface area contributed by atoms with Gasteiger partial charge in [-0.2, -0.15) is 0 Å². The van der Waals surface area contributed by atoms with E-state index in [1.165, 1.54) is 173 Å². The van der Waals surface area contributed by atoms with Crippen LogP contribution >= 0.6 is 0 Å². The molecule has 0 radical (unpaired) electrons. The number of carbonyl (C=O) groups excluding carboxylic acids is 1. The molecule has 0 spiro atoms. The van der Waals surface area contributed by atoms with Crippen LogP contribution in [0.1, 0.15) is 264 Å². The minimum atomic E-state index is -0.872. The molecular weight excluding hydrogens is 795 g/mol.